The quantitative estimate of drug-likeness (QED) is 0.661. The zero-order valence-electron chi connectivity index (χ0n) is 16.7. The van der Waals surface area contributed by atoms with E-state index < -0.39 is 0 Å². The van der Waals surface area contributed by atoms with Crippen LogP contribution in [0.1, 0.15) is 37.1 Å². The molecule has 0 saturated heterocycles. The molecule has 1 aliphatic heterocycles. The van der Waals surface area contributed by atoms with Crippen molar-refractivity contribution in [1.29, 1.82) is 0 Å². The summed E-state index contributed by atoms with van der Waals surface area (Å²) in [6, 6.07) is 14.0. The van der Waals surface area contributed by atoms with Crippen LogP contribution in [-0.4, -0.2) is 32.3 Å². The van der Waals surface area contributed by atoms with E-state index in [2.05, 4.69) is 34.5 Å². The molecule has 146 valence electrons. The normalized spacial score (nSPS) is 14.4. The molecule has 0 bridgehead atoms. The molecule has 0 N–H and O–H groups in total. The predicted molar refractivity (Wildman–Crippen MR) is 112 cm³/mol. The standard InChI is InChI=1S/C23H28N4O/c1-18(2)10-13-25-14-11-21-22(17-25)26(16-19-7-6-12-24-15-19)27(23(21)28)20-8-4-3-5-9-20/h3-9,12,15,18H,10-11,13-14,16-17H2,1-2H3. The molecule has 5 heteroatoms. The molecule has 1 aliphatic rings. The van der Waals surface area contributed by atoms with Crippen LogP contribution in [0.5, 0.6) is 0 Å². The summed E-state index contributed by atoms with van der Waals surface area (Å²) in [5.41, 5.74) is 4.25. The van der Waals surface area contributed by atoms with Crippen LogP contribution >= 0.6 is 0 Å². The lowest BCUT2D eigenvalue weighted by atomic mass is 10.1. The fourth-order valence-corrected chi connectivity index (χ4v) is 3.91. The van der Waals surface area contributed by atoms with Gasteiger partial charge in [0.15, 0.2) is 0 Å². The Morgan fingerprint density at radius 1 is 1.11 bits per heavy atom. The topological polar surface area (TPSA) is 43.1 Å². The average molecular weight is 377 g/mol. The summed E-state index contributed by atoms with van der Waals surface area (Å²) in [6.07, 6.45) is 5.67. The van der Waals surface area contributed by atoms with Crippen LogP contribution < -0.4 is 5.56 Å². The lowest BCUT2D eigenvalue weighted by Gasteiger charge is -2.28. The molecule has 0 spiro atoms. The van der Waals surface area contributed by atoms with Crippen molar-refractivity contribution in [3.8, 4) is 5.69 Å². The van der Waals surface area contributed by atoms with Gasteiger partial charge in [-0.05, 0) is 49.1 Å². The van der Waals surface area contributed by atoms with Gasteiger partial charge in [-0.25, -0.2) is 4.68 Å². The molecule has 0 aliphatic carbocycles. The second-order valence-corrected chi connectivity index (χ2v) is 8.01. The van der Waals surface area contributed by atoms with Gasteiger partial charge in [0, 0.05) is 31.0 Å². The molecule has 5 nitrogen and oxygen atoms in total. The van der Waals surface area contributed by atoms with Crippen molar-refractivity contribution in [3.63, 3.8) is 0 Å². The Labute approximate surface area is 166 Å². The van der Waals surface area contributed by atoms with Gasteiger partial charge in [-0.3, -0.25) is 19.4 Å². The summed E-state index contributed by atoms with van der Waals surface area (Å²) in [4.78, 5) is 20.0. The van der Waals surface area contributed by atoms with E-state index in [-0.39, 0.29) is 5.56 Å². The molecular weight excluding hydrogens is 348 g/mol. The van der Waals surface area contributed by atoms with Gasteiger partial charge >= 0.3 is 0 Å². The van der Waals surface area contributed by atoms with Crippen molar-refractivity contribution < 1.29 is 0 Å². The Balaban J connectivity index is 1.76. The van der Waals surface area contributed by atoms with E-state index in [9.17, 15) is 4.79 Å². The van der Waals surface area contributed by atoms with Crippen LogP contribution in [0.2, 0.25) is 0 Å². The molecule has 3 aromatic rings. The van der Waals surface area contributed by atoms with E-state index in [0.717, 1.165) is 48.6 Å². The minimum absolute atomic E-state index is 0.119. The van der Waals surface area contributed by atoms with Crippen LogP contribution in [0.4, 0.5) is 0 Å². The van der Waals surface area contributed by atoms with E-state index >= 15 is 0 Å². The number of hydrogen-bond donors (Lipinski definition) is 0. The van der Waals surface area contributed by atoms with E-state index in [4.69, 9.17) is 0 Å². The Kier molecular flexibility index (Phi) is 5.44. The number of para-hydroxylation sites is 1. The van der Waals surface area contributed by atoms with E-state index in [1.165, 1.54) is 6.42 Å². The highest BCUT2D eigenvalue weighted by Crippen LogP contribution is 2.21. The van der Waals surface area contributed by atoms with Crippen LogP contribution in [-0.2, 0) is 19.5 Å². The third-order valence-electron chi connectivity index (χ3n) is 5.48. The van der Waals surface area contributed by atoms with Crippen molar-refractivity contribution in [1.82, 2.24) is 19.2 Å². The van der Waals surface area contributed by atoms with Crippen LogP contribution in [0, 0.1) is 5.92 Å². The largest absolute Gasteiger partial charge is 0.297 e. The predicted octanol–water partition coefficient (Wildman–Crippen LogP) is 3.49. The Hall–Kier alpha value is -2.66. The number of pyridine rings is 1. The molecule has 2 aromatic heterocycles. The molecule has 28 heavy (non-hydrogen) atoms. The lowest BCUT2D eigenvalue weighted by Crippen LogP contribution is -2.34. The third-order valence-corrected chi connectivity index (χ3v) is 5.48. The molecule has 0 unspecified atom stereocenters. The summed E-state index contributed by atoms with van der Waals surface area (Å²) < 4.78 is 4.01. The number of aromatic nitrogens is 3. The van der Waals surface area contributed by atoms with Crippen molar-refractivity contribution in [2.24, 2.45) is 5.92 Å². The van der Waals surface area contributed by atoms with Gasteiger partial charge < -0.3 is 0 Å². The van der Waals surface area contributed by atoms with Crippen molar-refractivity contribution in [3.05, 3.63) is 82.0 Å². The Bertz CT molecular complexity index is 973. The highest BCUT2D eigenvalue weighted by atomic mass is 16.1. The first-order valence-electron chi connectivity index (χ1n) is 10.1. The second-order valence-electron chi connectivity index (χ2n) is 8.01. The van der Waals surface area contributed by atoms with Crippen LogP contribution in [0.3, 0.4) is 0 Å². The molecule has 4 rings (SSSR count). The van der Waals surface area contributed by atoms with Gasteiger partial charge in [0.25, 0.3) is 5.56 Å². The summed E-state index contributed by atoms with van der Waals surface area (Å²) in [6.45, 7) is 8.04. The van der Waals surface area contributed by atoms with Gasteiger partial charge in [-0.15, -0.1) is 0 Å². The summed E-state index contributed by atoms with van der Waals surface area (Å²) in [5, 5.41) is 0. The molecule has 1 aromatic carbocycles. The van der Waals surface area contributed by atoms with Gasteiger partial charge in [-0.1, -0.05) is 38.1 Å². The van der Waals surface area contributed by atoms with Crippen LogP contribution in [0.25, 0.3) is 5.69 Å². The lowest BCUT2D eigenvalue weighted by molar-refractivity contribution is 0.231. The summed E-state index contributed by atoms with van der Waals surface area (Å²) >= 11 is 0. The maximum absolute atomic E-state index is 13.3. The summed E-state index contributed by atoms with van der Waals surface area (Å²) in [7, 11) is 0. The van der Waals surface area contributed by atoms with Gasteiger partial charge in [-0.2, -0.15) is 0 Å². The number of hydrogen-bond acceptors (Lipinski definition) is 3. The Morgan fingerprint density at radius 2 is 1.93 bits per heavy atom. The maximum atomic E-state index is 13.3. The van der Waals surface area contributed by atoms with E-state index in [1.807, 2.05) is 47.3 Å². The van der Waals surface area contributed by atoms with Crippen molar-refractivity contribution >= 4 is 0 Å². The van der Waals surface area contributed by atoms with E-state index in [0.29, 0.717) is 12.5 Å². The number of rotatable bonds is 6. The smallest absolute Gasteiger partial charge is 0.274 e. The molecule has 0 atom stereocenters. The minimum atomic E-state index is 0.119. The molecular formula is C23H28N4O. The van der Waals surface area contributed by atoms with E-state index in [1.54, 1.807) is 6.20 Å². The Morgan fingerprint density at radius 3 is 2.64 bits per heavy atom. The van der Waals surface area contributed by atoms with Crippen LogP contribution in [0.15, 0.2) is 59.7 Å². The maximum Gasteiger partial charge on any atom is 0.274 e. The number of fused-ring (bicyclic) bond motifs is 1. The first-order valence-corrected chi connectivity index (χ1v) is 10.1. The second kappa shape index (κ2) is 8.15. The monoisotopic (exact) mass is 376 g/mol. The third kappa shape index (κ3) is 3.80. The number of nitrogens with zero attached hydrogens (tertiary/aromatic N) is 4. The minimum Gasteiger partial charge on any atom is -0.297 e. The van der Waals surface area contributed by atoms with Gasteiger partial charge in [0.2, 0.25) is 0 Å². The van der Waals surface area contributed by atoms with Crippen molar-refractivity contribution in [2.45, 2.75) is 39.8 Å². The van der Waals surface area contributed by atoms with Gasteiger partial charge in [0.1, 0.15) is 0 Å². The summed E-state index contributed by atoms with van der Waals surface area (Å²) in [5.74, 6) is 0.688. The zero-order valence-corrected chi connectivity index (χ0v) is 16.7. The average Bonchev–Trinajstić information content (AvgIpc) is 2.99. The number of benzene rings is 1. The molecule has 3 heterocycles. The first kappa shape index (κ1) is 18.7. The molecule has 0 fully saturated rings. The molecule has 0 amide bonds. The van der Waals surface area contributed by atoms with Crippen molar-refractivity contribution in [2.75, 3.05) is 13.1 Å². The zero-order chi connectivity index (χ0) is 19.5. The highest BCUT2D eigenvalue weighted by Gasteiger charge is 2.26. The highest BCUT2D eigenvalue weighted by molar-refractivity contribution is 5.35. The first-order chi connectivity index (χ1) is 13.6. The molecule has 0 saturated carbocycles. The molecule has 0 radical (unpaired) electrons. The SMILES string of the molecule is CC(C)CCN1CCc2c(n(Cc3cccnc3)n(-c3ccccc3)c2=O)C1. The van der Waals surface area contributed by atoms with Gasteiger partial charge in [0.05, 0.1) is 17.9 Å². The fraction of sp³-hybridized carbons (Fsp3) is 0.391. The fourth-order valence-electron chi connectivity index (χ4n) is 3.91.